The lowest BCUT2D eigenvalue weighted by atomic mass is 9.90. The number of morpholine rings is 1. The third-order valence-electron chi connectivity index (χ3n) is 3.55. The molecular weight excluding hydrogens is 252 g/mol. The Morgan fingerprint density at radius 3 is 2.53 bits per heavy atom. The lowest BCUT2D eigenvalue weighted by Gasteiger charge is -2.39. The number of carbonyl (C=O) groups is 1. The van der Waals surface area contributed by atoms with Gasteiger partial charge < -0.3 is 4.74 Å². The Kier molecular flexibility index (Phi) is 3.96. The van der Waals surface area contributed by atoms with E-state index in [0.717, 1.165) is 6.07 Å². The van der Waals surface area contributed by atoms with E-state index < -0.39 is 23.0 Å². The first-order chi connectivity index (χ1) is 8.94. The van der Waals surface area contributed by atoms with Crippen LogP contribution in [-0.2, 0) is 4.74 Å². The summed E-state index contributed by atoms with van der Waals surface area (Å²) in [6.45, 7) is 5.76. The number of ketones is 1. The van der Waals surface area contributed by atoms with Crippen molar-refractivity contribution in [1.29, 1.82) is 0 Å². The maximum absolute atomic E-state index is 13.7. The molecule has 0 bridgehead atoms. The van der Waals surface area contributed by atoms with Crippen molar-refractivity contribution in [2.45, 2.75) is 19.4 Å². The maximum atomic E-state index is 13.7. The van der Waals surface area contributed by atoms with E-state index in [1.165, 1.54) is 12.1 Å². The third kappa shape index (κ3) is 2.67. The van der Waals surface area contributed by atoms with Gasteiger partial charge in [-0.1, -0.05) is 6.07 Å². The second-order valence-electron chi connectivity index (χ2n) is 5.09. The minimum atomic E-state index is -1.08. The molecule has 1 aromatic carbocycles. The number of Topliss-reactive ketones (excluding diaryl/α,β-unsaturated/α-hetero) is 1. The monoisotopic (exact) mass is 269 g/mol. The summed E-state index contributed by atoms with van der Waals surface area (Å²) in [5.74, 6) is -2.48. The minimum absolute atomic E-state index is 0.198. The Bertz CT molecular complexity index is 482. The molecule has 1 saturated heterocycles. The summed E-state index contributed by atoms with van der Waals surface area (Å²) >= 11 is 0. The lowest BCUT2D eigenvalue weighted by molar-refractivity contribution is -0.00445. The van der Waals surface area contributed by atoms with Crippen LogP contribution in [0.4, 0.5) is 8.78 Å². The molecule has 0 radical (unpaired) electrons. The van der Waals surface area contributed by atoms with Gasteiger partial charge in [-0.3, -0.25) is 9.69 Å². The Labute approximate surface area is 111 Å². The highest BCUT2D eigenvalue weighted by Crippen LogP contribution is 2.24. The van der Waals surface area contributed by atoms with Crippen LogP contribution in [0, 0.1) is 11.6 Å². The highest BCUT2D eigenvalue weighted by molar-refractivity contribution is 6.02. The van der Waals surface area contributed by atoms with Crippen LogP contribution in [0.25, 0.3) is 0 Å². The second kappa shape index (κ2) is 5.35. The van der Waals surface area contributed by atoms with Crippen molar-refractivity contribution in [2.75, 3.05) is 26.3 Å². The van der Waals surface area contributed by atoms with Crippen LogP contribution in [0.2, 0.25) is 0 Å². The number of nitrogens with zero attached hydrogens (tertiary/aromatic N) is 1. The topological polar surface area (TPSA) is 29.5 Å². The number of hydrogen-bond acceptors (Lipinski definition) is 3. The number of benzene rings is 1. The van der Waals surface area contributed by atoms with Gasteiger partial charge in [-0.25, -0.2) is 8.78 Å². The fourth-order valence-electron chi connectivity index (χ4n) is 2.27. The van der Waals surface area contributed by atoms with Gasteiger partial charge in [0.1, 0.15) is 0 Å². The Balaban J connectivity index is 2.29. The van der Waals surface area contributed by atoms with Gasteiger partial charge in [-0.2, -0.15) is 0 Å². The summed E-state index contributed by atoms with van der Waals surface area (Å²) in [7, 11) is 0. The smallest absolute Gasteiger partial charge is 0.185 e. The standard InChI is InChI=1S/C14H17F2NO2/c1-14(2,17-6-8-19-9-7-17)13(18)10-4-3-5-11(15)12(10)16/h3-5H,6-9H2,1-2H3. The fraction of sp³-hybridized carbons (Fsp3) is 0.500. The normalized spacial score (nSPS) is 17.5. The van der Waals surface area contributed by atoms with Crippen LogP contribution in [0.3, 0.4) is 0 Å². The zero-order valence-corrected chi connectivity index (χ0v) is 11.1. The van der Waals surface area contributed by atoms with E-state index in [9.17, 15) is 13.6 Å². The van der Waals surface area contributed by atoms with Crippen LogP contribution in [0.15, 0.2) is 18.2 Å². The minimum Gasteiger partial charge on any atom is -0.379 e. The summed E-state index contributed by atoms with van der Waals surface area (Å²) in [6.07, 6.45) is 0. The number of rotatable bonds is 3. The first-order valence-corrected chi connectivity index (χ1v) is 6.26. The molecule has 1 aliphatic heterocycles. The van der Waals surface area contributed by atoms with E-state index in [0.29, 0.717) is 26.3 Å². The summed E-state index contributed by atoms with van der Waals surface area (Å²) < 4.78 is 32.2. The molecule has 0 spiro atoms. The van der Waals surface area contributed by atoms with Gasteiger partial charge in [0.25, 0.3) is 0 Å². The van der Waals surface area contributed by atoms with Crippen molar-refractivity contribution in [3.63, 3.8) is 0 Å². The van der Waals surface area contributed by atoms with Crippen molar-refractivity contribution >= 4 is 5.78 Å². The van der Waals surface area contributed by atoms with E-state index in [1.807, 2.05) is 4.90 Å². The molecule has 0 unspecified atom stereocenters. The molecule has 104 valence electrons. The SMILES string of the molecule is CC(C)(C(=O)c1cccc(F)c1F)N1CCOCC1. The van der Waals surface area contributed by atoms with E-state index >= 15 is 0 Å². The molecule has 0 aliphatic carbocycles. The molecule has 2 rings (SSSR count). The van der Waals surface area contributed by atoms with Crippen molar-refractivity contribution in [3.05, 3.63) is 35.4 Å². The quantitative estimate of drug-likeness (QED) is 0.788. The fourth-order valence-corrected chi connectivity index (χ4v) is 2.27. The van der Waals surface area contributed by atoms with Crippen LogP contribution in [-0.4, -0.2) is 42.5 Å². The van der Waals surface area contributed by atoms with Gasteiger partial charge >= 0.3 is 0 Å². The van der Waals surface area contributed by atoms with E-state index in [4.69, 9.17) is 4.74 Å². The first kappa shape index (κ1) is 14.1. The summed E-state index contributed by atoms with van der Waals surface area (Å²) in [6, 6.07) is 3.68. The maximum Gasteiger partial charge on any atom is 0.185 e. The van der Waals surface area contributed by atoms with E-state index in [1.54, 1.807) is 13.8 Å². The Morgan fingerprint density at radius 1 is 1.26 bits per heavy atom. The van der Waals surface area contributed by atoms with Crippen LogP contribution in [0.5, 0.6) is 0 Å². The molecule has 5 heteroatoms. The van der Waals surface area contributed by atoms with E-state index in [-0.39, 0.29) is 5.56 Å². The zero-order valence-electron chi connectivity index (χ0n) is 11.1. The molecule has 0 atom stereocenters. The van der Waals surface area contributed by atoms with Crippen molar-refractivity contribution in [1.82, 2.24) is 4.90 Å². The van der Waals surface area contributed by atoms with Gasteiger partial charge in [-0.05, 0) is 26.0 Å². The molecule has 19 heavy (non-hydrogen) atoms. The van der Waals surface area contributed by atoms with Gasteiger partial charge in [0.2, 0.25) is 0 Å². The largest absolute Gasteiger partial charge is 0.379 e. The zero-order chi connectivity index (χ0) is 14.0. The molecule has 1 fully saturated rings. The van der Waals surface area contributed by atoms with Gasteiger partial charge in [0.05, 0.1) is 24.3 Å². The molecular formula is C14H17F2NO2. The summed E-state index contributed by atoms with van der Waals surface area (Å²) in [5, 5.41) is 0. The summed E-state index contributed by atoms with van der Waals surface area (Å²) in [5.41, 5.74) is -1.07. The van der Waals surface area contributed by atoms with Crippen molar-refractivity contribution in [3.8, 4) is 0 Å². The average molecular weight is 269 g/mol. The van der Waals surface area contributed by atoms with Gasteiger partial charge in [0, 0.05) is 13.1 Å². The molecule has 3 nitrogen and oxygen atoms in total. The van der Waals surface area contributed by atoms with Crippen molar-refractivity contribution in [2.24, 2.45) is 0 Å². The number of ether oxygens (including phenoxy) is 1. The van der Waals surface area contributed by atoms with Crippen molar-refractivity contribution < 1.29 is 18.3 Å². The predicted octanol–water partition coefficient (Wildman–Crippen LogP) is 2.26. The highest BCUT2D eigenvalue weighted by atomic mass is 19.2. The van der Waals surface area contributed by atoms with Crippen LogP contribution >= 0.6 is 0 Å². The van der Waals surface area contributed by atoms with Gasteiger partial charge in [-0.15, -0.1) is 0 Å². The Morgan fingerprint density at radius 2 is 1.89 bits per heavy atom. The molecule has 0 aromatic heterocycles. The van der Waals surface area contributed by atoms with Gasteiger partial charge in [0.15, 0.2) is 17.4 Å². The molecule has 1 aromatic rings. The second-order valence-corrected chi connectivity index (χ2v) is 5.09. The molecule has 0 N–H and O–H groups in total. The molecule has 1 aliphatic rings. The van der Waals surface area contributed by atoms with E-state index in [2.05, 4.69) is 0 Å². The molecule has 1 heterocycles. The highest BCUT2D eigenvalue weighted by Gasteiger charge is 2.37. The first-order valence-electron chi connectivity index (χ1n) is 6.26. The number of halogens is 2. The number of carbonyl (C=O) groups excluding carboxylic acids is 1. The molecule has 0 saturated carbocycles. The number of hydrogen-bond donors (Lipinski definition) is 0. The summed E-state index contributed by atoms with van der Waals surface area (Å²) in [4.78, 5) is 14.4. The van der Waals surface area contributed by atoms with Crippen LogP contribution in [0.1, 0.15) is 24.2 Å². The Hall–Kier alpha value is -1.33. The predicted molar refractivity (Wildman–Crippen MR) is 67.2 cm³/mol. The third-order valence-corrected chi connectivity index (χ3v) is 3.55. The average Bonchev–Trinajstić information content (AvgIpc) is 2.42. The molecule has 0 amide bonds. The lowest BCUT2D eigenvalue weighted by Crippen LogP contribution is -2.54. The van der Waals surface area contributed by atoms with Crippen LogP contribution < -0.4 is 0 Å².